The molecule has 0 aromatic carbocycles. The zero-order chi connectivity index (χ0) is 10.2. The summed E-state index contributed by atoms with van der Waals surface area (Å²) in [4.78, 5) is 2.34. The Morgan fingerprint density at radius 2 is 1.85 bits per heavy atom. The molecule has 1 fully saturated rings. The Labute approximate surface area is 80.9 Å². The molecule has 0 unspecified atom stereocenters. The zero-order valence-corrected chi connectivity index (χ0v) is 9.12. The molecular formula is C10H22N2O. The maximum atomic E-state index is 9.68. The third kappa shape index (κ3) is 2.42. The lowest BCUT2D eigenvalue weighted by Crippen LogP contribution is -2.60. The molecule has 0 bridgehead atoms. The second-order valence-electron chi connectivity index (χ2n) is 5.21. The Kier molecular flexibility index (Phi) is 3.00. The van der Waals surface area contributed by atoms with E-state index < -0.39 is 0 Å². The summed E-state index contributed by atoms with van der Waals surface area (Å²) < 4.78 is 0. The van der Waals surface area contributed by atoms with Crippen molar-refractivity contribution in [2.45, 2.75) is 45.4 Å². The van der Waals surface area contributed by atoms with Crippen LogP contribution < -0.4 is 5.73 Å². The highest BCUT2D eigenvalue weighted by atomic mass is 16.3. The maximum Gasteiger partial charge on any atom is 0.0741 e. The van der Waals surface area contributed by atoms with Crippen LogP contribution in [0.25, 0.3) is 0 Å². The third-order valence-corrected chi connectivity index (χ3v) is 2.91. The fraction of sp³-hybridized carbons (Fsp3) is 1.00. The van der Waals surface area contributed by atoms with Gasteiger partial charge in [-0.2, -0.15) is 0 Å². The second kappa shape index (κ2) is 3.56. The Hall–Kier alpha value is -0.120. The minimum atomic E-state index is -0.335. The van der Waals surface area contributed by atoms with E-state index >= 15 is 0 Å². The first kappa shape index (κ1) is 11.0. The van der Waals surface area contributed by atoms with Gasteiger partial charge in [-0.1, -0.05) is 6.92 Å². The number of hydrogen-bond acceptors (Lipinski definition) is 3. The zero-order valence-electron chi connectivity index (χ0n) is 9.12. The molecular weight excluding hydrogens is 164 g/mol. The lowest BCUT2D eigenvalue weighted by Gasteiger charge is -2.45. The van der Waals surface area contributed by atoms with E-state index in [1.165, 1.54) is 0 Å². The van der Waals surface area contributed by atoms with Crippen LogP contribution in [-0.2, 0) is 0 Å². The van der Waals surface area contributed by atoms with Gasteiger partial charge in [0.1, 0.15) is 0 Å². The lowest BCUT2D eigenvalue weighted by molar-refractivity contribution is -0.0160. The first-order valence-corrected chi connectivity index (χ1v) is 5.01. The summed E-state index contributed by atoms with van der Waals surface area (Å²) in [6, 6.07) is -0.0945. The highest BCUT2D eigenvalue weighted by Crippen LogP contribution is 2.23. The molecule has 13 heavy (non-hydrogen) atoms. The molecule has 1 saturated heterocycles. The van der Waals surface area contributed by atoms with Crippen molar-refractivity contribution in [1.82, 2.24) is 4.90 Å². The Morgan fingerprint density at radius 3 is 2.23 bits per heavy atom. The van der Waals surface area contributed by atoms with E-state index in [0.29, 0.717) is 0 Å². The van der Waals surface area contributed by atoms with Gasteiger partial charge in [0.25, 0.3) is 0 Å². The van der Waals surface area contributed by atoms with Gasteiger partial charge in [-0.05, 0) is 26.7 Å². The fourth-order valence-corrected chi connectivity index (χ4v) is 1.86. The number of aliphatic hydroxyl groups excluding tert-OH is 1. The van der Waals surface area contributed by atoms with E-state index in [4.69, 9.17) is 5.73 Å². The fourth-order valence-electron chi connectivity index (χ4n) is 1.86. The highest BCUT2D eigenvalue weighted by Gasteiger charge is 2.35. The molecule has 0 aliphatic carbocycles. The number of rotatable bonds is 0. The average molecular weight is 186 g/mol. The Morgan fingerprint density at radius 1 is 1.31 bits per heavy atom. The molecule has 0 amide bonds. The van der Waals surface area contributed by atoms with Gasteiger partial charge in [-0.25, -0.2) is 0 Å². The Bertz CT molecular complexity index is 164. The average Bonchev–Trinajstić information content (AvgIpc) is 1.97. The molecule has 0 saturated carbocycles. The van der Waals surface area contributed by atoms with E-state index in [1.54, 1.807) is 0 Å². The van der Waals surface area contributed by atoms with Crippen LogP contribution >= 0.6 is 0 Å². The molecule has 1 aliphatic heterocycles. The van der Waals surface area contributed by atoms with Gasteiger partial charge in [0.05, 0.1) is 6.10 Å². The molecule has 0 spiro atoms. The third-order valence-electron chi connectivity index (χ3n) is 2.91. The lowest BCUT2D eigenvalue weighted by atomic mass is 9.89. The smallest absolute Gasteiger partial charge is 0.0741 e. The van der Waals surface area contributed by atoms with Gasteiger partial charge in [-0.15, -0.1) is 0 Å². The van der Waals surface area contributed by atoms with E-state index in [1.807, 2.05) is 0 Å². The summed E-state index contributed by atoms with van der Waals surface area (Å²) in [5, 5.41) is 9.68. The molecule has 3 atom stereocenters. The molecule has 3 heteroatoms. The van der Waals surface area contributed by atoms with Crippen LogP contribution in [0, 0.1) is 5.92 Å². The number of aliphatic hydroxyl groups is 1. The van der Waals surface area contributed by atoms with Crippen LogP contribution in [0.5, 0.6) is 0 Å². The summed E-state index contributed by atoms with van der Waals surface area (Å²) >= 11 is 0. The van der Waals surface area contributed by atoms with Crippen LogP contribution in [0.15, 0.2) is 0 Å². The Balaban J connectivity index is 2.64. The molecule has 78 valence electrons. The van der Waals surface area contributed by atoms with Gasteiger partial charge in [-0.3, -0.25) is 4.90 Å². The van der Waals surface area contributed by atoms with Gasteiger partial charge < -0.3 is 10.8 Å². The number of likely N-dealkylation sites (tertiary alicyclic amines) is 1. The number of hydrogen-bond donors (Lipinski definition) is 2. The molecule has 1 heterocycles. The predicted molar refractivity (Wildman–Crippen MR) is 54.5 cm³/mol. The van der Waals surface area contributed by atoms with Crippen molar-refractivity contribution in [3.63, 3.8) is 0 Å². The number of nitrogens with two attached hydrogens (primary N) is 1. The van der Waals surface area contributed by atoms with Gasteiger partial charge in [0.15, 0.2) is 0 Å². The summed E-state index contributed by atoms with van der Waals surface area (Å²) in [6.07, 6.45) is -0.335. The summed E-state index contributed by atoms with van der Waals surface area (Å²) in [6.45, 7) is 10.4. The van der Waals surface area contributed by atoms with Crippen LogP contribution in [-0.4, -0.2) is 40.8 Å². The monoisotopic (exact) mass is 186 g/mol. The van der Waals surface area contributed by atoms with Gasteiger partial charge in [0, 0.05) is 24.7 Å². The first-order valence-electron chi connectivity index (χ1n) is 5.01. The molecule has 1 aliphatic rings. The second-order valence-corrected chi connectivity index (χ2v) is 5.21. The van der Waals surface area contributed by atoms with Crippen molar-refractivity contribution in [1.29, 1.82) is 0 Å². The molecule has 3 N–H and O–H groups in total. The van der Waals surface area contributed by atoms with Crippen molar-refractivity contribution >= 4 is 0 Å². The predicted octanol–water partition coefficient (Wildman–Crippen LogP) is 0.425. The normalized spacial score (nSPS) is 37.8. The van der Waals surface area contributed by atoms with E-state index in [0.717, 1.165) is 13.1 Å². The summed E-state index contributed by atoms with van der Waals surface area (Å²) in [5.74, 6) is 0.281. The molecule has 3 nitrogen and oxygen atoms in total. The first-order chi connectivity index (χ1) is 5.82. The van der Waals surface area contributed by atoms with Gasteiger partial charge >= 0.3 is 0 Å². The van der Waals surface area contributed by atoms with Crippen LogP contribution in [0.3, 0.4) is 0 Å². The van der Waals surface area contributed by atoms with Crippen molar-refractivity contribution < 1.29 is 5.11 Å². The number of nitrogens with zero attached hydrogens (tertiary/aromatic N) is 1. The van der Waals surface area contributed by atoms with Crippen molar-refractivity contribution in [3.8, 4) is 0 Å². The van der Waals surface area contributed by atoms with E-state index in [2.05, 4.69) is 32.6 Å². The highest BCUT2D eigenvalue weighted by molar-refractivity contribution is 4.91. The quantitative estimate of drug-likeness (QED) is 0.576. The standard InChI is InChI=1S/C10H22N2O/c1-7-5-12(10(2,3)4)6-8(11)9(7)13/h7-9,13H,5-6,11H2,1-4H3/t7-,8+,9+/m0/s1. The molecule has 1 rings (SSSR count). The van der Waals surface area contributed by atoms with Gasteiger partial charge in [0.2, 0.25) is 0 Å². The van der Waals surface area contributed by atoms with Crippen molar-refractivity contribution in [2.75, 3.05) is 13.1 Å². The molecule has 0 aromatic heterocycles. The van der Waals surface area contributed by atoms with E-state index in [-0.39, 0.29) is 23.6 Å². The molecule has 0 radical (unpaired) electrons. The van der Waals surface area contributed by atoms with Crippen molar-refractivity contribution in [2.24, 2.45) is 11.7 Å². The van der Waals surface area contributed by atoms with Crippen molar-refractivity contribution in [3.05, 3.63) is 0 Å². The van der Waals surface area contributed by atoms with Crippen LogP contribution in [0.1, 0.15) is 27.7 Å². The van der Waals surface area contributed by atoms with Crippen LogP contribution in [0.4, 0.5) is 0 Å². The summed E-state index contributed by atoms with van der Waals surface area (Å²) in [7, 11) is 0. The maximum absolute atomic E-state index is 9.68. The minimum absolute atomic E-state index is 0.0945. The van der Waals surface area contributed by atoms with E-state index in [9.17, 15) is 5.11 Å². The SMILES string of the molecule is C[C@H]1CN(C(C)(C)C)C[C@@H](N)[C@@H]1O. The topological polar surface area (TPSA) is 49.5 Å². The summed E-state index contributed by atoms with van der Waals surface area (Å²) in [5.41, 5.74) is 6.02. The number of piperidine rings is 1. The van der Waals surface area contributed by atoms with Crippen LogP contribution in [0.2, 0.25) is 0 Å². The molecule has 0 aromatic rings. The minimum Gasteiger partial charge on any atom is -0.391 e. The largest absolute Gasteiger partial charge is 0.391 e.